The molecule has 34 heavy (non-hydrogen) atoms. The summed E-state index contributed by atoms with van der Waals surface area (Å²) in [6.45, 7) is 21.9. The quantitative estimate of drug-likeness (QED) is 0.125. The Kier molecular flexibility index (Phi) is 6.12. The molecule has 0 spiro atoms. The Morgan fingerprint density at radius 3 is 1.26 bits per heavy atom. The number of nitro benzene ring substituents is 1. The molecular weight excluding hydrogens is 419 g/mol. The topological polar surface area (TPSA) is 43.1 Å². The summed E-state index contributed by atoms with van der Waals surface area (Å²) in [6, 6.07) is 9.21. The van der Waals surface area contributed by atoms with Crippen molar-refractivity contribution < 1.29 is 4.92 Å². The van der Waals surface area contributed by atoms with Crippen LogP contribution in [0.5, 0.6) is 0 Å². The van der Waals surface area contributed by atoms with Gasteiger partial charge < -0.3 is 0 Å². The van der Waals surface area contributed by atoms with Crippen LogP contribution < -0.4 is 0 Å². The Labute approximate surface area is 204 Å². The highest BCUT2D eigenvalue weighted by Gasteiger charge is 2.30. The molecule has 0 fully saturated rings. The van der Waals surface area contributed by atoms with Crippen molar-refractivity contribution in [2.45, 2.75) is 98.8 Å². The van der Waals surface area contributed by atoms with E-state index in [1.165, 1.54) is 38.2 Å². The molecule has 0 radical (unpaired) electrons. The third kappa shape index (κ3) is 3.56. The summed E-state index contributed by atoms with van der Waals surface area (Å²) in [4.78, 5) is 12.5. The Morgan fingerprint density at radius 2 is 0.853 bits per heavy atom. The molecule has 0 N–H and O–H groups in total. The van der Waals surface area contributed by atoms with Gasteiger partial charge in [-0.05, 0) is 91.6 Å². The lowest BCUT2D eigenvalue weighted by Gasteiger charge is -2.26. The van der Waals surface area contributed by atoms with E-state index in [2.05, 4.69) is 93.5 Å². The summed E-state index contributed by atoms with van der Waals surface area (Å²) in [5, 5.41) is 19.5. The predicted molar refractivity (Wildman–Crippen MR) is 147 cm³/mol. The van der Waals surface area contributed by atoms with Crippen molar-refractivity contribution in [2.24, 2.45) is 0 Å². The van der Waals surface area contributed by atoms with E-state index in [4.69, 9.17) is 0 Å². The first-order chi connectivity index (χ1) is 15.9. The van der Waals surface area contributed by atoms with Gasteiger partial charge in [0, 0.05) is 10.9 Å². The number of nitrogens with zero attached hydrogens (tertiary/aromatic N) is 1. The van der Waals surface area contributed by atoms with Crippen molar-refractivity contribution in [3.8, 4) is 0 Å². The van der Waals surface area contributed by atoms with E-state index in [-0.39, 0.29) is 16.8 Å². The monoisotopic (exact) mass is 458 g/mol. The number of hydrogen-bond donors (Lipinski definition) is 0. The maximum atomic E-state index is 12.6. The molecule has 0 atom stereocenters. The first kappa shape index (κ1) is 24.4. The van der Waals surface area contributed by atoms with Gasteiger partial charge in [0.15, 0.2) is 0 Å². The van der Waals surface area contributed by atoms with Crippen molar-refractivity contribution in [1.29, 1.82) is 0 Å². The molecule has 0 bridgehead atoms. The second kappa shape index (κ2) is 8.52. The van der Waals surface area contributed by atoms with Gasteiger partial charge in [0.1, 0.15) is 0 Å². The van der Waals surface area contributed by atoms with Crippen LogP contribution >= 0.6 is 0 Å². The van der Waals surface area contributed by atoms with Gasteiger partial charge in [-0.2, -0.15) is 0 Å². The van der Waals surface area contributed by atoms with Crippen LogP contribution in [0, 0.1) is 10.1 Å². The van der Waals surface area contributed by atoms with E-state index in [9.17, 15) is 10.1 Å². The number of benzene rings is 4. The molecule has 0 unspecified atom stereocenters. The van der Waals surface area contributed by atoms with Crippen LogP contribution in [0.2, 0.25) is 0 Å². The van der Waals surface area contributed by atoms with Crippen LogP contribution in [0.3, 0.4) is 0 Å². The van der Waals surface area contributed by atoms with Crippen molar-refractivity contribution in [3.63, 3.8) is 0 Å². The molecule has 180 valence electrons. The number of hydrogen-bond acceptors (Lipinski definition) is 2. The fourth-order valence-electron chi connectivity index (χ4n) is 5.79. The molecule has 0 aliphatic heterocycles. The third-order valence-electron chi connectivity index (χ3n) is 7.54. The Hall–Kier alpha value is -2.68. The van der Waals surface area contributed by atoms with Gasteiger partial charge in [-0.1, -0.05) is 75.3 Å². The molecule has 3 heteroatoms. The highest BCUT2D eigenvalue weighted by Crippen LogP contribution is 2.50. The lowest BCUT2D eigenvalue weighted by molar-refractivity contribution is -0.383. The molecule has 3 nitrogen and oxygen atoms in total. The zero-order chi connectivity index (χ0) is 25.2. The first-order valence-electron chi connectivity index (χ1n) is 12.9. The van der Waals surface area contributed by atoms with E-state index >= 15 is 0 Å². The summed E-state index contributed by atoms with van der Waals surface area (Å²) in [5.41, 5.74) is 6.20. The van der Waals surface area contributed by atoms with E-state index in [0.29, 0.717) is 23.4 Å². The zero-order valence-corrected chi connectivity index (χ0v) is 22.5. The molecule has 0 amide bonds. The van der Waals surface area contributed by atoms with Gasteiger partial charge in [-0.25, -0.2) is 0 Å². The lowest BCUT2D eigenvalue weighted by Crippen LogP contribution is -2.07. The van der Waals surface area contributed by atoms with Crippen LogP contribution in [0.25, 0.3) is 32.3 Å². The summed E-state index contributed by atoms with van der Waals surface area (Å²) in [5.74, 6) is 1.31. The Bertz CT molecular complexity index is 1380. The smallest absolute Gasteiger partial charge is 0.258 e. The summed E-state index contributed by atoms with van der Waals surface area (Å²) < 4.78 is 0. The molecule has 0 heterocycles. The predicted octanol–water partition coefficient (Wildman–Crippen LogP) is 10.1. The minimum Gasteiger partial charge on any atom is -0.258 e. The van der Waals surface area contributed by atoms with E-state index in [0.717, 1.165) is 21.9 Å². The summed E-state index contributed by atoms with van der Waals surface area (Å²) >= 11 is 0. The van der Waals surface area contributed by atoms with Crippen molar-refractivity contribution in [2.75, 3.05) is 0 Å². The minimum atomic E-state index is -0.130. The fourth-order valence-corrected chi connectivity index (χ4v) is 5.79. The van der Waals surface area contributed by atoms with Crippen molar-refractivity contribution >= 4 is 38.0 Å². The average molecular weight is 459 g/mol. The van der Waals surface area contributed by atoms with Crippen LogP contribution in [0.15, 0.2) is 24.3 Å². The maximum absolute atomic E-state index is 12.6. The molecule has 0 saturated carbocycles. The van der Waals surface area contributed by atoms with Crippen molar-refractivity contribution in [1.82, 2.24) is 0 Å². The maximum Gasteiger partial charge on any atom is 0.280 e. The van der Waals surface area contributed by atoms with Crippen LogP contribution in [-0.2, 0) is 0 Å². The standard InChI is InChI=1S/C31H39NO2/c1-15(2)20-11-21(16(3)4)26-13-23(18(7)8)30-29-27(14-24(19(9)10)31(30)32(33)34)22(17(5)6)12-25(20)28(26)29/h11-19H,1-10H3/i32+1. The van der Waals surface area contributed by atoms with E-state index < -0.39 is 0 Å². The lowest BCUT2D eigenvalue weighted by atomic mass is 9.77. The molecule has 0 aromatic heterocycles. The number of rotatable bonds is 6. The second-order valence-corrected chi connectivity index (χ2v) is 11.6. The Morgan fingerprint density at radius 1 is 0.500 bits per heavy atom. The minimum absolute atomic E-state index is 0.0693. The molecule has 4 aromatic rings. The second-order valence-electron chi connectivity index (χ2n) is 11.6. The van der Waals surface area contributed by atoms with Crippen molar-refractivity contribution in [3.05, 3.63) is 62.2 Å². The molecule has 0 aliphatic rings. The van der Waals surface area contributed by atoms with Crippen LogP contribution in [0.1, 0.15) is 127 Å². The van der Waals surface area contributed by atoms with Gasteiger partial charge in [-0.3, -0.25) is 10.1 Å². The summed E-state index contributed by atoms with van der Waals surface area (Å²) in [7, 11) is 0. The average Bonchev–Trinajstić information content (AvgIpc) is 2.74. The fraction of sp³-hybridized carbons (Fsp3) is 0.484. The Balaban J connectivity index is 2.49. The highest BCUT2D eigenvalue weighted by atomic mass is 16.9. The van der Waals surface area contributed by atoms with E-state index in [1.807, 2.05) is 0 Å². The highest BCUT2D eigenvalue weighted by molar-refractivity contribution is 6.28. The SMILES string of the molecule is CC(C)c1cc2c(C(C)C)cc3c(C(C)C)cc(C(C)C)c4cc(C(C)C)c(c1[15N+](=O)[O-])c2c34. The van der Waals surface area contributed by atoms with Gasteiger partial charge in [0.05, 0.1) is 10.3 Å². The zero-order valence-electron chi connectivity index (χ0n) is 22.5. The third-order valence-corrected chi connectivity index (χ3v) is 7.54. The molecule has 4 rings (SSSR count). The number of nitro groups is 1. The summed E-state index contributed by atoms with van der Waals surface area (Å²) in [6.07, 6.45) is 0. The van der Waals surface area contributed by atoms with Crippen LogP contribution in [0.4, 0.5) is 5.69 Å². The van der Waals surface area contributed by atoms with Gasteiger partial charge in [-0.15, -0.1) is 0 Å². The normalized spacial score (nSPS) is 12.8. The molecule has 0 saturated heterocycles. The first-order valence-corrected chi connectivity index (χ1v) is 12.9. The van der Waals surface area contributed by atoms with Gasteiger partial charge in [0.2, 0.25) is 0 Å². The molecular formula is C31H39NO2. The van der Waals surface area contributed by atoms with Crippen LogP contribution in [-0.4, -0.2) is 4.92 Å². The molecule has 0 aliphatic carbocycles. The van der Waals surface area contributed by atoms with Gasteiger partial charge in [0.25, 0.3) is 5.69 Å². The van der Waals surface area contributed by atoms with E-state index in [1.54, 1.807) is 0 Å². The largest absolute Gasteiger partial charge is 0.280 e. The molecule has 4 aromatic carbocycles. The van der Waals surface area contributed by atoms with Gasteiger partial charge >= 0.3 is 0 Å².